The Morgan fingerprint density at radius 2 is 2.26 bits per heavy atom. The summed E-state index contributed by atoms with van der Waals surface area (Å²) in [5, 5.41) is 1.22. The highest BCUT2D eigenvalue weighted by Gasteiger charge is 2.20. The molecule has 0 atom stereocenters. The van der Waals surface area contributed by atoms with Crippen LogP contribution in [-0.4, -0.2) is 17.6 Å². The van der Waals surface area contributed by atoms with Gasteiger partial charge >= 0.3 is 5.97 Å². The molecule has 0 aliphatic carbocycles. The molecule has 0 amide bonds. The summed E-state index contributed by atoms with van der Waals surface area (Å²) in [5.74, 6) is -0.186. The second kappa shape index (κ2) is 4.67. The van der Waals surface area contributed by atoms with E-state index in [9.17, 15) is 4.79 Å². The van der Waals surface area contributed by atoms with Crippen molar-refractivity contribution in [2.24, 2.45) is 0 Å². The highest BCUT2D eigenvalue weighted by molar-refractivity contribution is 9.10. The first-order valence-electron chi connectivity index (χ1n) is 6.48. The van der Waals surface area contributed by atoms with E-state index in [0.29, 0.717) is 6.42 Å². The van der Waals surface area contributed by atoms with E-state index in [4.69, 9.17) is 4.74 Å². The van der Waals surface area contributed by atoms with Gasteiger partial charge in [0.05, 0.1) is 19.0 Å². The number of carbonyl (C=O) groups is 1. The van der Waals surface area contributed by atoms with Crippen LogP contribution in [0.2, 0.25) is 0 Å². The summed E-state index contributed by atoms with van der Waals surface area (Å²) in [4.78, 5) is 11.4. The van der Waals surface area contributed by atoms with Crippen molar-refractivity contribution in [1.82, 2.24) is 4.57 Å². The number of nitrogens with zero attached hydrogens (tertiary/aromatic N) is 1. The van der Waals surface area contributed by atoms with E-state index < -0.39 is 0 Å². The van der Waals surface area contributed by atoms with Crippen molar-refractivity contribution in [2.75, 3.05) is 7.11 Å². The molecule has 0 bridgehead atoms. The number of esters is 1. The van der Waals surface area contributed by atoms with E-state index in [1.807, 2.05) is 0 Å². The zero-order valence-electron chi connectivity index (χ0n) is 11.1. The normalized spacial score (nSPS) is 13.8. The topological polar surface area (TPSA) is 31.2 Å². The zero-order valence-corrected chi connectivity index (χ0v) is 12.7. The zero-order chi connectivity index (χ0) is 13.6. The Kier molecular flexibility index (Phi) is 3.13. The molecule has 0 unspecified atom stereocenters. The molecule has 1 aliphatic heterocycles. The summed E-state index contributed by atoms with van der Waals surface area (Å²) < 4.78 is 8.28. The molecule has 0 saturated heterocycles. The van der Waals surface area contributed by atoms with Crippen LogP contribution >= 0.6 is 15.9 Å². The number of benzene rings is 1. The molecule has 1 aliphatic rings. The van der Waals surface area contributed by atoms with Gasteiger partial charge in [-0.25, -0.2) is 0 Å². The van der Waals surface area contributed by atoms with Gasteiger partial charge in [-0.05, 0) is 52.9 Å². The standard InChI is InChI=1S/C15H16BrNO2/c1-9-14(16)12-7-10(8-13(18)19-2)6-11-4-3-5-17(9)15(11)12/h6-7H,3-5,8H2,1-2H3. The van der Waals surface area contributed by atoms with Crippen LogP contribution in [0.1, 0.15) is 23.2 Å². The van der Waals surface area contributed by atoms with Gasteiger partial charge in [-0.15, -0.1) is 0 Å². The number of hydrogen-bond donors (Lipinski definition) is 0. The molecule has 3 nitrogen and oxygen atoms in total. The fraction of sp³-hybridized carbons (Fsp3) is 0.400. The molecule has 2 aromatic rings. The minimum atomic E-state index is -0.186. The fourth-order valence-electron chi connectivity index (χ4n) is 2.97. The maximum atomic E-state index is 11.4. The number of aromatic nitrogens is 1. The monoisotopic (exact) mass is 321 g/mol. The van der Waals surface area contributed by atoms with E-state index in [0.717, 1.165) is 29.4 Å². The summed E-state index contributed by atoms with van der Waals surface area (Å²) in [6.45, 7) is 3.22. The molecule has 0 saturated carbocycles. The average Bonchev–Trinajstić information content (AvgIpc) is 2.66. The fourth-order valence-corrected chi connectivity index (χ4v) is 3.48. The van der Waals surface area contributed by atoms with Crippen molar-refractivity contribution in [3.05, 3.63) is 33.4 Å². The van der Waals surface area contributed by atoms with Crippen LogP contribution in [0.3, 0.4) is 0 Å². The largest absolute Gasteiger partial charge is 0.469 e. The Morgan fingerprint density at radius 3 is 3.00 bits per heavy atom. The number of halogens is 1. The number of ether oxygens (including phenoxy) is 1. The number of methoxy groups -OCH3 is 1. The van der Waals surface area contributed by atoms with Crippen molar-refractivity contribution < 1.29 is 9.53 Å². The first-order chi connectivity index (χ1) is 9.11. The molecule has 1 aromatic heterocycles. The van der Waals surface area contributed by atoms with Crippen molar-refractivity contribution >= 4 is 32.8 Å². The van der Waals surface area contributed by atoms with E-state index >= 15 is 0 Å². The molecular weight excluding hydrogens is 306 g/mol. The Bertz CT molecular complexity index is 673. The van der Waals surface area contributed by atoms with Gasteiger partial charge in [0.2, 0.25) is 0 Å². The third kappa shape index (κ3) is 1.98. The van der Waals surface area contributed by atoms with Gasteiger partial charge < -0.3 is 9.30 Å². The predicted octanol–water partition coefficient (Wildman–Crippen LogP) is 3.37. The summed E-state index contributed by atoms with van der Waals surface area (Å²) in [5.41, 5.74) is 4.97. The highest BCUT2D eigenvalue weighted by atomic mass is 79.9. The molecule has 4 heteroatoms. The predicted molar refractivity (Wildman–Crippen MR) is 78.4 cm³/mol. The van der Waals surface area contributed by atoms with Crippen LogP contribution in [0.15, 0.2) is 16.6 Å². The van der Waals surface area contributed by atoms with Crippen molar-refractivity contribution in [1.29, 1.82) is 0 Å². The Morgan fingerprint density at radius 1 is 1.47 bits per heavy atom. The molecule has 19 heavy (non-hydrogen) atoms. The lowest BCUT2D eigenvalue weighted by Crippen LogP contribution is -2.10. The maximum absolute atomic E-state index is 11.4. The van der Waals surface area contributed by atoms with Crippen LogP contribution < -0.4 is 0 Å². The number of rotatable bonds is 2. The maximum Gasteiger partial charge on any atom is 0.309 e. The Balaban J connectivity index is 2.20. The third-order valence-corrected chi connectivity index (χ3v) is 4.88. The van der Waals surface area contributed by atoms with Crippen LogP contribution in [-0.2, 0) is 28.9 Å². The third-order valence-electron chi connectivity index (χ3n) is 3.88. The van der Waals surface area contributed by atoms with Gasteiger partial charge in [0.15, 0.2) is 0 Å². The molecule has 100 valence electrons. The van der Waals surface area contributed by atoms with Gasteiger partial charge in [0.1, 0.15) is 0 Å². The molecule has 2 heterocycles. The second-order valence-corrected chi connectivity index (χ2v) is 5.85. The summed E-state index contributed by atoms with van der Waals surface area (Å²) >= 11 is 3.68. The molecule has 3 rings (SSSR count). The van der Waals surface area contributed by atoms with Gasteiger partial charge in [-0.1, -0.05) is 6.07 Å². The van der Waals surface area contributed by atoms with E-state index in [-0.39, 0.29) is 5.97 Å². The highest BCUT2D eigenvalue weighted by Crippen LogP contribution is 2.36. The summed E-state index contributed by atoms with van der Waals surface area (Å²) in [6.07, 6.45) is 2.59. The van der Waals surface area contributed by atoms with Crippen LogP contribution in [0.5, 0.6) is 0 Å². The van der Waals surface area contributed by atoms with Crippen LogP contribution in [0.4, 0.5) is 0 Å². The van der Waals surface area contributed by atoms with Gasteiger partial charge in [0, 0.05) is 22.1 Å². The Hall–Kier alpha value is -1.29. The van der Waals surface area contributed by atoms with Crippen molar-refractivity contribution in [3.8, 4) is 0 Å². The van der Waals surface area contributed by atoms with E-state index in [1.54, 1.807) is 0 Å². The second-order valence-electron chi connectivity index (χ2n) is 5.06. The minimum Gasteiger partial charge on any atom is -0.469 e. The lowest BCUT2D eigenvalue weighted by atomic mass is 9.99. The minimum absolute atomic E-state index is 0.186. The van der Waals surface area contributed by atoms with Crippen molar-refractivity contribution in [3.63, 3.8) is 0 Å². The summed E-state index contributed by atoms with van der Waals surface area (Å²) in [7, 11) is 1.43. The van der Waals surface area contributed by atoms with Crippen LogP contribution in [0, 0.1) is 6.92 Å². The molecule has 0 radical (unpaired) electrons. The number of hydrogen-bond acceptors (Lipinski definition) is 2. The smallest absolute Gasteiger partial charge is 0.309 e. The molecular formula is C15H16BrNO2. The van der Waals surface area contributed by atoms with E-state index in [1.165, 1.54) is 29.3 Å². The molecule has 0 spiro atoms. The number of carbonyl (C=O) groups excluding carboxylic acids is 1. The molecule has 0 fully saturated rings. The first-order valence-corrected chi connectivity index (χ1v) is 7.28. The van der Waals surface area contributed by atoms with Crippen molar-refractivity contribution in [2.45, 2.75) is 32.7 Å². The Labute approximate surface area is 120 Å². The first kappa shape index (κ1) is 12.7. The van der Waals surface area contributed by atoms with Crippen LogP contribution in [0.25, 0.3) is 10.9 Å². The molecule has 0 N–H and O–H groups in total. The molecule has 1 aromatic carbocycles. The van der Waals surface area contributed by atoms with E-state index in [2.05, 4.69) is 39.6 Å². The van der Waals surface area contributed by atoms with Gasteiger partial charge in [-0.3, -0.25) is 4.79 Å². The average molecular weight is 322 g/mol. The quantitative estimate of drug-likeness (QED) is 0.794. The number of aryl methyl sites for hydroxylation is 2. The van der Waals surface area contributed by atoms with Gasteiger partial charge in [0.25, 0.3) is 0 Å². The SMILES string of the molecule is COC(=O)Cc1cc2c3c(c1)c(Br)c(C)n3CCC2. The lowest BCUT2D eigenvalue weighted by molar-refractivity contribution is -0.139. The summed E-state index contributed by atoms with van der Waals surface area (Å²) in [6, 6.07) is 4.26. The van der Waals surface area contributed by atoms with Gasteiger partial charge in [-0.2, -0.15) is 0 Å². The lowest BCUT2D eigenvalue weighted by Gasteiger charge is -2.17.